The highest BCUT2D eigenvalue weighted by atomic mass is 19.4. The summed E-state index contributed by atoms with van der Waals surface area (Å²) in [7, 11) is -0.665. The second kappa shape index (κ2) is 5.73. The SMILES string of the molecule is CC1(C)[C@@H]2C[C@H]3OB([C@@H](N)Cc4ccccc4C(F)(F)F)O[C@@]3(C)[C@H]1C2. The summed E-state index contributed by atoms with van der Waals surface area (Å²) in [6.07, 6.45) is -2.28. The summed E-state index contributed by atoms with van der Waals surface area (Å²) in [5.74, 6) is 0.384. The van der Waals surface area contributed by atoms with Crippen LogP contribution < -0.4 is 5.73 Å². The Kier molecular flexibility index (Phi) is 4.03. The molecule has 0 spiro atoms. The first-order valence-electron chi connectivity index (χ1n) is 9.27. The summed E-state index contributed by atoms with van der Waals surface area (Å²) in [4.78, 5) is 0. The lowest BCUT2D eigenvalue weighted by Crippen LogP contribution is -2.65. The van der Waals surface area contributed by atoms with Gasteiger partial charge in [0.05, 0.1) is 17.3 Å². The molecule has 4 fully saturated rings. The summed E-state index contributed by atoms with van der Waals surface area (Å²) in [5.41, 5.74) is 5.61. The fourth-order valence-electron chi connectivity index (χ4n) is 5.41. The molecule has 0 aromatic heterocycles. The summed E-state index contributed by atoms with van der Waals surface area (Å²) in [6, 6.07) is 5.57. The molecule has 4 aliphatic rings. The first-order chi connectivity index (χ1) is 12.0. The van der Waals surface area contributed by atoms with E-state index in [2.05, 4.69) is 20.8 Å². The predicted octanol–water partition coefficient (Wildman–Crippen LogP) is 3.84. The van der Waals surface area contributed by atoms with Crippen molar-refractivity contribution in [2.24, 2.45) is 23.0 Å². The average Bonchev–Trinajstić information content (AvgIpc) is 2.91. The summed E-state index contributed by atoms with van der Waals surface area (Å²) in [6.45, 7) is 6.61. The van der Waals surface area contributed by atoms with Gasteiger partial charge in [0.1, 0.15) is 0 Å². The molecule has 1 heterocycles. The van der Waals surface area contributed by atoms with Crippen molar-refractivity contribution in [2.75, 3.05) is 0 Å². The molecule has 2 N–H and O–H groups in total. The van der Waals surface area contributed by atoms with Crippen molar-refractivity contribution < 1.29 is 22.5 Å². The van der Waals surface area contributed by atoms with E-state index >= 15 is 0 Å². The largest absolute Gasteiger partial charge is 0.475 e. The molecule has 2 bridgehead atoms. The number of alkyl halides is 3. The fourth-order valence-corrected chi connectivity index (χ4v) is 5.41. The second-order valence-corrected chi connectivity index (χ2v) is 8.86. The number of hydrogen-bond acceptors (Lipinski definition) is 3. The van der Waals surface area contributed by atoms with Crippen molar-refractivity contribution in [1.82, 2.24) is 0 Å². The highest BCUT2D eigenvalue weighted by molar-refractivity contribution is 6.47. The maximum Gasteiger partial charge on any atom is 0.475 e. The Morgan fingerprint density at radius 1 is 1.23 bits per heavy atom. The normalized spacial score (nSPS) is 36.4. The van der Waals surface area contributed by atoms with Gasteiger partial charge in [-0.15, -0.1) is 0 Å². The van der Waals surface area contributed by atoms with E-state index in [0.29, 0.717) is 11.8 Å². The van der Waals surface area contributed by atoms with E-state index in [1.807, 2.05) is 0 Å². The van der Waals surface area contributed by atoms with Crippen LogP contribution in [0.5, 0.6) is 0 Å². The predicted molar refractivity (Wildman–Crippen MR) is 93.2 cm³/mol. The molecule has 1 aromatic rings. The topological polar surface area (TPSA) is 44.5 Å². The molecule has 7 heteroatoms. The third-order valence-corrected chi connectivity index (χ3v) is 7.10. The molecule has 0 unspecified atom stereocenters. The molecule has 1 aliphatic heterocycles. The van der Waals surface area contributed by atoms with Gasteiger partial charge in [0, 0.05) is 5.94 Å². The van der Waals surface area contributed by atoms with E-state index in [9.17, 15) is 13.2 Å². The molecule has 5 rings (SSSR count). The molecule has 26 heavy (non-hydrogen) atoms. The maximum absolute atomic E-state index is 13.2. The molecule has 0 amide bonds. The molecular weight excluding hydrogens is 342 g/mol. The lowest BCUT2D eigenvalue weighted by molar-refractivity contribution is -0.199. The first kappa shape index (κ1) is 18.3. The van der Waals surface area contributed by atoms with Crippen LogP contribution in [-0.2, 0) is 21.9 Å². The Bertz CT molecular complexity index is 710. The molecule has 3 aliphatic carbocycles. The minimum Gasteiger partial charge on any atom is -0.404 e. The molecular formula is C19H25BF3NO2. The van der Waals surface area contributed by atoms with Gasteiger partial charge in [0.15, 0.2) is 0 Å². The standard InChI is InChI=1S/C19H25BF3NO2/c1-17(2)12-9-14(17)18(3)15(10-12)25-20(26-18)16(24)8-11-6-4-5-7-13(11)19(21,22)23/h4-7,12,14-16H,8-10,24H2,1-3H3/t12-,14-,15+,16-,18-/m0/s1. The average molecular weight is 367 g/mol. The van der Waals surface area contributed by atoms with Gasteiger partial charge in [-0.3, -0.25) is 0 Å². The van der Waals surface area contributed by atoms with Crippen molar-refractivity contribution in [1.29, 1.82) is 0 Å². The van der Waals surface area contributed by atoms with Crippen LogP contribution in [0.4, 0.5) is 13.2 Å². The van der Waals surface area contributed by atoms with Crippen molar-refractivity contribution in [3.05, 3.63) is 35.4 Å². The van der Waals surface area contributed by atoms with Crippen LogP contribution in [0.15, 0.2) is 24.3 Å². The number of hydrogen-bond donors (Lipinski definition) is 1. The van der Waals surface area contributed by atoms with Gasteiger partial charge in [0.25, 0.3) is 0 Å². The van der Waals surface area contributed by atoms with Crippen LogP contribution in [0, 0.1) is 17.3 Å². The quantitative estimate of drug-likeness (QED) is 0.826. The lowest BCUT2D eigenvalue weighted by atomic mass is 9.43. The number of benzene rings is 1. The lowest BCUT2D eigenvalue weighted by Gasteiger charge is -2.64. The molecule has 5 atom stereocenters. The Morgan fingerprint density at radius 2 is 1.92 bits per heavy atom. The van der Waals surface area contributed by atoms with Gasteiger partial charge in [-0.05, 0) is 55.1 Å². The second-order valence-electron chi connectivity index (χ2n) is 8.86. The van der Waals surface area contributed by atoms with E-state index in [1.54, 1.807) is 6.07 Å². The third-order valence-electron chi connectivity index (χ3n) is 7.10. The van der Waals surface area contributed by atoms with E-state index < -0.39 is 30.4 Å². The fraction of sp³-hybridized carbons (Fsp3) is 0.684. The zero-order valence-electron chi connectivity index (χ0n) is 15.3. The van der Waals surface area contributed by atoms with E-state index in [1.165, 1.54) is 12.1 Å². The molecule has 3 saturated carbocycles. The number of nitrogens with two attached hydrogens (primary N) is 1. The zero-order valence-corrected chi connectivity index (χ0v) is 15.3. The van der Waals surface area contributed by atoms with Crippen LogP contribution in [0.25, 0.3) is 0 Å². The van der Waals surface area contributed by atoms with Gasteiger partial charge >= 0.3 is 13.3 Å². The van der Waals surface area contributed by atoms with Gasteiger partial charge in [-0.2, -0.15) is 13.2 Å². The number of rotatable bonds is 3. The monoisotopic (exact) mass is 367 g/mol. The van der Waals surface area contributed by atoms with Crippen LogP contribution in [0.2, 0.25) is 0 Å². The van der Waals surface area contributed by atoms with E-state index in [0.717, 1.165) is 18.9 Å². The zero-order chi connectivity index (χ0) is 18.9. The van der Waals surface area contributed by atoms with Crippen molar-refractivity contribution in [3.63, 3.8) is 0 Å². The minimum atomic E-state index is -4.39. The highest BCUT2D eigenvalue weighted by Gasteiger charge is 2.68. The Labute approximate surface area is 152 Å². The van der Waals surface area contributed by atoms with Gasteiger partial charge in [0.2, 0.25) is 0 Å². The molecule has 3 nitrogen and oxygen atoms in total. The van der Waals surface area contributed by atoms with Crippen LogP contribution >= 0.6 is 0 Å². The molecule has 1 saturated heterocycles. The van der Waals surface area contributed by atoms with Crippen molar-refractivity contribution >= 4 is 7.12 Å². The van der Waals surface area contributed by atoms with Gasteiger partial charge in [-0.1, -0.05) is 32.0 Å². The smallest absolute Gasteiger partial charge is 0.404 e. The van der Waals surface area contributed by atoms with E-state index in [-0.39, 0.29) is 23.5 Å². The van der Waals surface area contributed by atoms with Crippen molar-refractivity contribution in [2.45, 2.75) is 63.9 Å². The summed E-state index contributed by atoms with van der Waals surface area (Å²) < 4.78 is 52.0. The number of halogens is 3. The third kappa shape index (κ3) is 2.62. The summed E-state index contributed by atoms with van der Waals surface area (Å²) >= 11 is 0. The first-order valence-corrected chi connectivity index (χ1v) is 9.27. The van der Waals surface area contributed by atoms with Gasteiger partial charge in [-0.25, -0.2) is 0 Å². The highest BCUT2D eigenvalue weighted by Crippen LogP contribution is 2.65. The summed E-state index contributed by atoms with van der Waals surface area (Å²) in [5, 5.41) is 0. The molecule has 0 radical (unpaired) electrons. The Hall–Kier alpha value is -1.05. The van der Waals surface area contributed by atoms with Crippen LogP contribution in [0.1, 0.15) is 44.7 Å². The van der Waals surface area contributed by atoms with Crippen molar-refractivity contribution in [3.8, 4) is 0 Å². The van der Waals surface area contributed by atoms with Crippen LogP contribution in [0.3, 0.4) is 0 Å². The Morgan fingerprint density at radius 3 is 2.58 bits per heavy atom. The maximum atomic E-state index is 13.2. The van der Waals surface area contributed by atoms with E-state index in [4.69, 9.17) is 15.0 Å². The molecule has 1 aromatic carbocycles. The van der Waals surface area contributed by atoms with Crippen LogP contribution in [-0.4, -0.2) is 24.8 Å². The minimum absolute atomic E-state index is 0.0202. The van der Waals surface area contributed by atoms with Gasteiger partial charge < -0.3 is 15.0 Å². The molecule has 142 valence electrons. The Balaban J connectivity index is 1.51.